The van der Waals surface area contributed by atoms with Crippen molar-refractivity contribution < 1.29 is 0 Å². The van der Waals surface area contributed by atoms with Gasteiger partial charge in [-0.3, -0.25) is 4.68 Å². The fraction of sp³-hybridized carbons (Fsp3) is 0.250. The van der Waals surface area contributed by atoms with Crippen LogP contribution in [0.2, 0.25) is 0 Å². The average molecular weight is 348 g/mol. The van der Waals surface area contributed by atoms with Crippen molar-refractivity contribution in [3.63, 3.8) is 0 Å². The molecule has 3 aromatic heterocycles. The third-order valence-electron chi connectivity index (χ3n) is 4.50. The highest BCUT2D eigenvalue weighted by molar-refractivity contribution is 5.98. The summed E-state index contributed by atoms with van der Waals surface area (Å²) in [6.45, 7) is 2.74. The number of amidine groups is 1. The Morgan fingerprint density at radius 2 is 2.19 bits per heavy atom. The highest BCUT2D eigenvalue weighted by Crippen LogP contribution is 2.22. The van der Waals surface area contributed by atoms with E-state index < -0.39 is 0 Å². The first-order valence-electron chi connectivity index (χ1n) is 8.21. The van der Waals surface area contributed by atoms with Gasteiger partial charge in [-0.1, -0.05) is 10.1 Å². The van der Waals surface area contributed by atoms with Crippen LogP contribution >= 0.6 is 0 Å². The van der Waals surface area contributed by atoms with Gasteiger partial charge in [0.05, 0.1) is 24.3 Å². The lowest BCUT2D eigenvalue weighted by atomic mass is 10.3. The molecule has 0 amide bonds. The average Bonchev–Trinajstić information content (AvgIpc) is 3.38. The lowest BCUT2D eigenvalue weighted by Crippen LogP contribution is -2.44. The van der Waals surface area contributed by atoms with E-state index in [9.17, 15) is 0 Å². The molecular weight excluding hydrogens is 332 g/mol. The van der Waals surface area contributed by atoms with Crippen molar-refractivity contribution in [2.45, 2.75) is 13.1 Å². The summed E-state index contributed by atoms with van der Waals surface area (Å²) in [6, 6.07) is 0. The number of hydrogen-bond acceptors (Lipinski definition) is 8. The largest absolute Gasteiger partial charge is 0.305 e. The van der Waals surface area contributed by atoms with Gasteiger partial charge in [0.15, 0.2) is 6.20 Å². The number of aromatic nitrogens is 7. The van der Waals surface area contributed by atoms with Gasteiger partial charge in [0.2, 0.25) is 18.0 Å². The Labute approximate surface area is 148 Å². The first-order valence-corrected chi connectivity index (χ1v) is 8.21. The van der Waals surface area contributed by atoms with Gasteiger partial charge >= 0.3 is 0 Å². The van der Waals surface area contributed by atoms with Crippen LogP contribution in [0.15, 0.2) is 48.3 Å². The Kier molecular flexibility index (Phi) is 3.19. The zero-order valence-electron chi connectivity index (χ0n) is 14.3. The van der Waals surface area contributed by atoms with Crippen molar-refractivity contribution in [2.24, 2.45) is 12.0 Å². The van der Waals surface area contributed by atoms with Gasteiger partial charge in [0, 0.05) is 31.1 Å². The SMILES string of the molecule is C[C@@H](N1C=CC2=NC=C[N+]2C1)n1nnc2ncc(-c3cnn(C)c3)nc21. The van der Waals surface area contributed by atoms with Crippen LogP contribution in [-0.4, -0.2) is 52.1 Å². The summed E-state index contributed by atoms with van der Waals surface area (Å²) < 4.78 is 3.52. The Bertz CT molecular complexity index is 1070. The smallest absolute Gasteiger partial charge is 0.284 e. The summed E-state index contributed by atoms with van der Waals surface area (Å²) in [5, 5.41) is 12.6. The van der Waals surface area contributed by atoms with Gasteiger partial charge < -0.3 is 4.90 Å². The van der Waals surface area contributed by atoms with E-state index in [4.69, 9.17) is 4.98 Å². The molecule has 0 spiro atoms. The fourth-order valence-electron chi connectivity index (χ4n) is 3.04. The van der Waals surface area contributed by atoms with Crippen molar-refractivity contribution >= 4 is 17.1 Å². The first-order chi connectivity index (χ1) is 12.7. The normalized spacial score (nSPS) is 17.8. The van der Waals surface area contributed by atoms with Crippen molar-refractivity contribution in [1.82, 2.24) is 44.5 Å². The molecule has 26 heavy (non-hydrogen) atoms. The molecule has 129 valence electrons. The molecule has 2 aliphatic rings. The molecule has 0 saturated carbocycles. The van der Waals surface area contributed by atoms with Crippen LogP contribution in [0.25, 0.3) is 22.6 Å². The monoisotopic (exact) mass is 348 g/mol. The molecule has 1 atom stereocenters. The number of nitrogens with zero attached hydrogens (tertiary/aromatic N) is 10. The van der Waals surface area contributed by atoms with E-state index in [1.807, 2.05) is 31.7 Å². The van der Waals surface area contributed by atoms with Crippen molar-refractivity contribution in [1.29, 1.82) is 0 Å². The molecule has 0 aromatic carbocycles. The molecule has 10 nitrogen and oxygen atoms in total. The molecule has 0 saturated heterocycles. The Morgan fingerprint density at radius 1 is 1.27 bits per heavy atom. The summed E-state index contributed by atoms with van der Waals surface area (Å²) in [5.41, 5.74) is 2.81. The fourth-order valence-corrected chi connectivity index (χ4v) is 3.04. The zero-order valence-corrected chi connectivity index (χ0v) is 14.3. The molecular formula is C16H16N10+. The van der Waals surface area contributed by atoms with E-state index in [2.05, 4.69) is 42.1 Å². The Balaban J connectivity index is 1.51. The van der Waals surface area contributed by atoms with Crippen molar-refractivity contribution in [3.05, 3.63) is 43.3 Å². The van der Waals surface area contributed by atoms with E-state index in [-0.39, 0.29) is 6.17 Å². The highest BCUT2D eigenvalue weighted by atomic mass is 15.5. The second-order valence-electron chi connectivity index (χ2n) is 6.20. The minimum absolute atomic E-state index is 0.0785. The second kappa shape index (κ2) is 5.56. The zero-order chi connectivity index (χ0) is 17.7. The van der Waals surface area contributed by atoms with Crippen LogP contribution in [0.1, 0.15) is 13.1 Å². The second-order valence-corrected chi connectivity index (χ2v) is 6.20. The number of fused-ring (bicyclic) bond motifs is 2. The molecule has 3 aromatic rings. The van der Waals surface area contributed by atoms with E-state index >= 15 is 0 Å². The van der Waals surface area contributed by atoms with Crippen molar-refractivity contribution in [2.75, 3.05) is 6.67 Å². The number of aryl methyl sites for hydroxylation is 1. The highest BCUT2D eigenvalue weighted by Gasteiger charge is 2.32. The lowest BCUT2D eigenvalue weighted by molar-refractivity contribution is 0.187. The predicted octanol–water partition coefficient (Wildman–Crippen LogP) is 0.950. The summed E-state index contributed by atoms with van der Waals surface area (Å²) in [7, 11) is 1.87. The third-order valence-corrected chi connectivity index (χ3v) is 4.50. The summed E-state index contributed by atoms with van der Waals surface area (Å²) in [6.07, 6.45) is 13.0. The van der Waals surface area contributed by atoms with Crippen LogP contribution in [0.4, 0.5) is 0 Å². The molecule has 5 rings (SSSR count). The minimum Gasteiger partial charge on any atom is -0.305 e. The van der Waals surface area contributed by atoms with E-state index in [1.165, 1.54) is 0 Å². The van der Waals surface area contributed by atoms with Crippen LogP contribution < -0.4 is 4.90 Å². The number of aliphatic imine (C=N–C) groups is 1. The first kappa shape index (κ1) is 14.9. The molecule has 1 radical (unpaired) electrons. The maximum absolute atomic E-state index is 4.72. The number of hydrogen-bond donors (Lipinski definition) is 0. The summed E-state index contributed by atoms with van der Waals surface area (Å²) >= 11 is 0. The van der Waals surface area contributed by atoms with E-state index in [0.717, 1.165) is 17.1 Å². The van der Waals surface area contributed by atoms with Crippen LogP contribution in [-0.2, 0) is 7.05 Å². The maximum Gasteiger partial charge on any atom is 0.284 e. The molecule has 5 heterocycles. The van der Waals surface area contributed by atoms with Crippen LogP contribution in [0.3, 0.4) is 0 Å². The topological polar surface area (TPSA) is 95.8 Å². The Morgan fingerprint density at radius 3 is 3.04 bits per heavy atom. The molecule has 0 N–H and O–H groups in total. The summed E-state index contributed by atoms with van der Waals surface area (Å²) in [4.78, 5) is 17.6. The van der Waals surface area contributed by atoms with Gasteiger partial charge in [-0.25, -0.2) is 14.6 Å². The van der Waals surface area contributed by atoms with E-state index in [0.29, 0.717) is 18.0 Å². The molecule has 0 aliphatic carbocycles. The summed E-state index contributed by atoms with van der Waals surface area (Å²) in [5.74, 6) is 0.940. The third kappa shape index (κ3) is 2.30. The predicted molar refractivity (Wildman–Crippen MR) is 94.6 cm³/mol. The van der Waals surface area contributed by atoms with Gasteiger partial charge in [0.25, 0.3) is 5.84 Å². The number of rotatable bonds is 3. The minimum atomic E-state index is -0.0785. The molecule has 0 fully saturated rings. The van der Waals surface area contributed by atoms with Gasteiger partial charge in [-0.15, -0.1) is 5.10 Å². The van der Waals surface area contributed by atoms with Crippen LogP contribution in [0.5, 0.6) is 0 Å². The molecule has 10 heteroatoms. The molecule has 2 aliphatic heterocycles. The lowest BCUT2D eigenvalue weighted by Gasteiger charge is -2.28. The van der Waals surface area contributed by atoms with Gasteiger partial charge in [-0.2, -0.15) is 10.1 Å². The standard InChI is InChI=1S/C16H16N10/c1-11(24-5-3-14-17-4-6-25(14)10-24)26-16-15(21-22-26)18-8-13(20-16)12-7-19-23(2)9-12/h3-9,11H,10H2,1-2H3/q+1/t11-/m0/s1. The van der Waals surface area contributed by atoms with Gasteiger partial charge in [0.1, 0.15) is 6.17 Å². The van der Waals surface area contributed by atoms with Gasteiger partial charge in [-0.05, 0) is 6.92 Å². The van der Waals surface area contributed by atoms with Crippen molar-refractivity contribution in [3.8, 4) is 11.3 Å². The van der Waals surface area contributed by atoms with E-state index in [1.54, 1.807) is 28.0 Å². The molecule has 0 bridgehead atoms. The molecule has 0 unspecified atom stereocenters. The Hall–Kier alpha value is -3.40. The quantitative estimate of drug-likeness (QED) is 0.654. The maximum atomic E-state index is 4.72. The van der Waals surface area contributed by atoms with Crippen LogP contribution in [0, 0.1) is 0 Å².